The summed E-state index contributed by atoms with van der Waals surface area (Å²) in [5, 5.41) is 2.32. The van der Waals surface area contributed by atoms with Crippen LogP contribution in [0.15, 0.2) is 59.5 Å². The molecule has 2 heterocycles. The van der Waals surface area contributed by atoms with E-state index in [0.29, 0.717) is 0 Å². The van der Waals surface area contributed by atoms with Crippen LogP contribution in [-0.4, -0.2) is 9.55 Å². The molecule has 0 aliphatic rings. The highest BCUT2D eigenvalue weighted by molar-refractivity contribution is 6.05. The van der Waals surface area contributed by atoms with Gasteiger partial charge in [-0.2, -0.15) is 0 Å². The van der Waals surface area contributed by atoms with E-state index in [2.05, 4.69) is 42.2 Å². The molecule has 2 aromatic heterocycles. The maximum absolute atomic E-state index is 5.94. The summed E-state index contributed by atoms with van der Waals surface area (Å²) in [7, 11) is 0. The first kappa shape index (κ1) is 10.4. The summed E-state index contributed by atoms with van der Waals surface area (Å²) in [5.74, 6) is 0. The summed E-state index contributed by atoms with van der Waals surface area (Å²) >= 11 is 0. The van der Waals surface area contributed by atoms with Crippen LogP contribution >= 0.6 is 0 Å². The lowest BCUT2D eigenvalue weighted by Crippen LogP contribution is -1.88. The van der Waals surface area contributed by atoms with Crippen LogP contribution in [0.2, 0.25) is 0 Å². The first-order valence-electron chi connectivity index (χ1n) is 6.22. The molecule has 3 heteroatoms. The van der Waals surface area contributed by atoms with Gasteiger partial charge in [-0.1, -0.05) is 12.1 Å². The molecule has 0 N–H and O–H groups in total. The quantitative estimate of drug-likeness (QED) is 0.508. The van der Waals surface area contributed by atoms with E-state index in [1.54, 1.807) is 12.5 Å². The normalized spacial score (nSPS) is 11.4. The zero-order valence-corrected chi connectivity index (χ0v) is 10.5. The van der Waals surface area contributed by atoms with Crippen molar-refractivity contribution in [2.75, 3.05) is 0 Å². The van der Waals surface area contributed by atoms with Gasteiger partial charge in [0.05, 0.1) is 12.0 Å². The molecule has 0 aliphatic carbocycles. The number of hydrogen-bond acceptors (Lipinski definition) is 2. The molecule has 0 bridgehead atoms. The maximum atomic E-state index is 5.94. The average Bonchev–Trinajstić information content (AvgIpc) is 3.04. The van der Waals surface area contributed by atoms with Gasteiger partial charge < -0.3 is 8.98 Å². The Kier molecular flexibility index (Phi) is 2.03. The van der Waals surface area contributed by atoms with Crippen LogP contribution in [0, 0.1) is 6.92 Å². The highest BCUT2D eigenvalue weighted by Crippen LogP contribution is 2.30. The van der Waals surface area contributed by atoms with E-state index in [9.17, 15) is 0 Å². The summed E-state index contributed by atoms with van der Waals surface area (Å²) in [4.78, 5) is 4.07. The van der Waals surface area contributed by atoms with Crippen molar-refractivity contribution in [3.05, 3.63) is 60.7 Å². The second kappa shape index (κ2) is 3.72. The van der Waals surface area contributed by atoms with Crippen LogP contribution in [0.5, 0.6) is 0 Å². The molecule has 0 saturated carbocycles. The predicted octanol–water partition coefficient (Wildman–Crippen LogP) is 4.08. The van der Waals surface area contributed by atoms with Gasteiger partial charge in [0.15, 0.2) is 0 Å². The third-order valence-electron chi connectivity index (χ3n) is 3.41. The smallest absolute Gasteiger partial charge is 0.137 e. The van der Waals surface area contributed by atoms with Crippen molar-refractivity contribution >= 4 is 21.9 Å². The summed E-state index contributed by atoms with van der Waals surface area (Å²) in [6.07, 6.45) is 5.48. The Bertz CT molecular complexity index is 872. The van der Waals surface area contributed by atoms with Crippen molar-refractivity contribution in [3.8, 4) is 5.69 Å². The molecular formula is C16H12N2O. The van der Waals surface area contributed by atoms with Gasteiger partial charge in [0, 0.05) is 29.2 Å². The van der Waals surface area contributed by atoms with Crippen LogP contribution in [0.4, 0.5) is 0 Å². The third kappa shape index (κ3) is 1.55. The number of benzene rings is 2. The minimum atomic E-state index is 0.909. The van der Waals surface area contributed by atoms with Gasteiger partial charge in [0.2, 0.25) is 0 Å². The Hall–Kier alpha value is -2.55. The zero-order chi connectivity index (χ0) is 12.8. The molecule has 0 amide bonds. The summed E-state index contributed by atoms with van der Waals surface area (Å²) < 4.78 is 7.91. The summed E-state index contributed by atoms with van der Waals surface area (Å²) in [5.41, 5.74) is 4.12. The largest absolute Gasteiger partial charge is 0.456 e. The molecule has 0 saturated heterocycles. The number of nitrogens with zero attached hydrogens (tertiary/aromatic N) is 2. The molecule has 92 valence electrons. The van der Waals surface area contributed by atoms with Gasteiger partial charge in [0.1, 0.15) is 11.2 Å². The molecule has 0 radical (unpaired) electrons. The van der Waals surface area contributed by atoms with Gasteiger partial charge in [0.25, 0.3) is 0 Å². The fraction of sp³-hybridized carbons (Fsp3) is 0.0625. The molecule has 4 rings (SSSR count). The molecule has 0 unspecified atom stereocenters. The van der Waals surface area contributed by atoms with Gasteiger partial charge in [-0.05, 0) is 30.7 Å². The topological polar surface area (TPSA) is 31.0 Å². The van der Waals surface area contributed by atoms with E-state index in [1.165, 1.54) is 5.56 Å². The fourth-order valence-electron chi connectivity index (χ4n) is 2.45. The third-order valence-corrected chi connectivity index (χ3v) is 3.41. The van der Waals surface area contributed by atoms with E-state index < -0.39 is 0 Å². The highest BCUT2D eigenvalue weighted by Gasteiger charge is 2.08. The lowest BCUT2D eigenvalue weighted by Gasteiger charge is -2.00. The molecule has 19 heavy (non-hydrogen) atoms. The molecule has 2 aromatic carbocycles. The highest BCUT2D eigenvalue weighted by atomic mass is 16.3. The Labute approximate surface area is 110 Å². The fourth-order valence-corrected chi connectivity index (χ4v) is 2.45. The maximum Gasteiger partial charge on any atom is 0.137 e. The molecule has 0 atom stereocenters. The monoisotopic (exact) mass is 248 g/mol. The number of hydrogen-bond donors (Lipinski definition) is 0. The lowest BCUT2D eigenvalue weighted by molar-refractivity contribution is 0.668. The number of aryl methyl sites for hydroxylation is 1. The van der Waals surface area contributed by atoms with Gasteiger partial charge >= 0.3 is 0 Å². The van der Waals surface area contributed by atoms with Crippen LogP contribution in [-0.2, 0) is 0 Å². The number of aromatic nitrogens is 2. The molecular weight excluding hydrogens is 236 g/mol. The van der Waals surface area contributed by atoms with E-state index in [1.807, 2.05) is 16.8 Å². The van der Waals surface area contributed by atoms with Crippen LogP contribution in [0.1, 0.15) is 5.56 Å². The SMILES string of the molecule is Cc1ccc2c(c1)oc1cc(-n3ccnc3)ccc12. The van der Waals surface area contributed by atoms with Crippen molar-refractivity contribution in [2.45, 2.75) is 6.92 Å². The van der Waals surface area contributed by atoms with Gasteiger partial charge in [-0.25, -0.2) is 4.98 Å². The standard InChI is InChI=1S/C16H12N2O/c1-11-2-4-13-14-5-3-12(18-7-6-17-10-18)9-16(14)19-15(13)8-11/h2-10H,1H3. The molecule has 0 fully saturated rings. The molecule has 0 spiro atoms. The summed E-state index contributed by atoms with van der Waals surface area (Å²) in [6, 6.07) is 12.5. The molecule has 3 nitrogen and oxygen atoms in total. The van der Waals surface area contributed by atoms with Crippen molar-refractivity contribution in [1.82, 2.24) is 9.55 Å². The lowest BCUT2D eigenvalue weighted by atomic mass is 10.1. The number of imidazole rings is 1. The zero-order valence-electron chi connectivity index (χ0n) is 10.5. The predicted molar refractivity (Wildman–Crippen MR) is 75.6 cm³/mol. The van der Waals surface area contributed by atoms with Gasteiger partial charge in [-0.15, -0.1) is 0 Å². The van der Waals surface area contributed by atoms with Crippen LogP contribution in [0.3, 0.4) is 0 Å². The molecule has 4 aromatic rings. The first-order chi connectivity index (χ1) is 9.31. The van der Waals surface area contributed by atoms with E-state index in [-0.39, 0.29) is 0 Å². The Balaban J connectivity index is 2.02. The number of fused-ring (bicyclic) bond motifs is 3. The second-order valence-electron chi connectivity index (χ2n) is 4.75. The minimum Gasteiger partial charge on any atom is -0.456 e. The Morgan fingerprint density at radius 1 is 1.00 bits per heavy atom. The molecule has 0 aliphatic heterocycles. The van der Waals surface area contributed by atoms with Crippen molar-refractivity contribution < 1.29 is 4.42 Å². The van der Waals surface area contributed by atoms with Crippen molar-refractivity contribution in [1.29, 1.82) is 0 Å². The van der Waals surface area contributed by atoms with E-state index in [4.69, 9.17) is 4.42 Å². The first-order valence-corrected chi connectivity index (χ1v) is 6.22. The minimum absolute atomic E-state index is 0.909. The Morgan fingerprint density at radius 2 is 1.79 bits per heavy atom. The van der Waals surface area contributed by atoms with Crippen molar-refractivity contribution in [3.63, 3.8) is 0 Å². The second-order valence-corrected chi connectivity index (χ2v) is 4.75. The number of rotatable bonds is 1. The van der Waals surface area contributed by atoms with Crippen LogP contribution < -0.4 is 0 Å². The van der Waals surface area contributed by atoms with Crippen LogP contribution in [0.25, 0.3) is 27.6 Å². The van der Waals surface area contributed by atoms with Crippen molar-refractivity contribution in [2.24, 2.45) is 0 Å². The Morgan fingerprint density at radius 3 is 2.58 bits per heavy atom. The average molecular weight is 248 g/mol. The van der Waals surface area contributed by atoms with E-state index >= 15 is 0 Å². The summed E-state index contributed by atoms with van der Waals surface area (Å²) in [6.45, 7) is 2.07. The van der Waals surface area contributed by atoms with Gasteiger partial charge in [-0.3, -0.25) is 0 Å². The number of furan rings is 1. The van der Waals surface area contributed by atoms with E-state index in [0.717, 1.165) is 27.6 Å².